The molecule has 178 valence electrons. The van der Waals surface area contributed by atoms with Gasteiger partial charge in [0.05, 0.1) is 5.75 Å². The normalized spacial score (nSPS) is 15.2. The topological polar surface area (TPSA) is 49.4 Å². The number of carbonyl (C=O) groups excluding carboxylic acids is 2. The van der Waals surface area contributed by atoms with E-state index in [0.29, 0.717) is 22.3 Å². The quantitative estimate of drug-likeness (QED) is 0.358. The van der Waals surface area contributed by atoms with Crippen LogP contribution in [0.1, 0.15) is 50.2 Å². The first-order valence-electron chi connectivity index (χ1n) is 11.2. The Labute approximate surface area is 218 Å². The van der Waals surface area contributed by atoms with Crippen LogP contribution in [0.4, 0.5) is 0 Å². The van der Waals surface area contributed by atoms with Crippen molar-refractivity contribution in [3.63, 3.8) is 0 Å². The second-order valence-electron chi connectivity index (χ2n) is 8.36. The van der Waals surface area contributed by atoms with Crippen LogP contribution in [0.2, 0.25) is 10.0 Å². The van der Waals surface area contributed by atoms with Gasteiger partial charge < -0.3 is 10.2 Å². The fraction of sp³-hybridized carbons (Fsp3) is 0.440. The average molecular weight is 572 g/mol. The standard InChI is InChI=1S/C25H29BrCl2N2O2S/c1-17(25(32)29-20-6-3-2-4-7-20)30(14-18-10-12-19(26)13-11-18)24(31)16-33-15-21-22(27)8-5-9-23(21)28/h5,8-13,17,20H,2-4,6-7,14-16H2,1H3,(H,29,32)/t17-/m0/s1. The molecule has 8 heteroatoms. The van der Waals surface area contributed by atoms with Crippen LogP contribution in [-0.4, -0.2) is 34.6 Å². The maximum atomic E-state index is 13.3. The van der Waals surface area contributed by atoms with Gasteiger partial charge in [0.1, 0.15) is 6.04 Å². The summed E-state index contributed by atoms with van der Waals surface area (Å²) in [6.07, 6.45) is 5.52. The van der Waals surface area contributed by atoms with Crippen LogP contribution in [0, 0.1) is 0 Å². The second-order valence-corrected chi connectivity index (χ2v) is 11.1. The van der Waals surface area contributed by atoms with Crippen LogP contribution in [0.15, 0.2) is 46.9 Å². The van der Waals surface area contributed by atoms with Gasteiger partial charge in [0.25, 0.3) is 0 Å². The summed E-state index contributed by atoms with van der Waals surface area (Å²) in [5.74, 6) is 0.585. The molecule has 1 aliphatic carbocycles. The van der Waals surface area contributed by atoms with Gasteiger partial charge in [0, 0.05) is 32.9 Å². The van der Waals surface area contributed by atoms with Gasteiger partial charge in [-0.1, -0.05) is 76.6 Å². The van der Waals surface area contributed by atoms with Crippen LogP contribution in [0.5, 0.6) is 0 Å². The molecule has 0 heterocycles. The largest absolute Gasteiger partial charge is 0.352 e. The Morgan fingerprint density at radius 2 is 1.73 bits per heavy atom. The van der Waals surface area contributed by atoms with E-state index in [1.54, 1.807) is 23.1 Å². The number of halogens is 3. The molecule has 0 saturated heterocycles. The summed E-state index contributed by atoms with van der Waals surface area (Å²) in [6.45, 7) is 2.18. The number of rotatable bonds is 9. The molecule has 2 aromatic rings. The zero-order valence-corrected chi connectivity index (χ0v) is 22.6. The van der Waals surface area contributed by atoms with Crippen molar-refractivity contribution in [1.82, 2.24) is 10.2 Å². The first kappa shape index (κ1) is 26.4. The van der Waals surface area contributed by atoms with Crippen molar-refractivity contribution < 1.29 is 9.59 Å². The third-order valence-corrected chi connectivity index (χ3v) is 8.10. The molecule has 0 unspecified atom stereocenters. The van der Waals surface area contributed by atoms with Crippen molar-refractivity contribution in [3.05, 3.63) is 68.1 Å². The summed E-state index contributed by atoms with van der Waals surface area (Å²) in [6, 6.07) is 12.8. The molecule has 3 rings (SSSR count). The predicted molar refractivity (Wildman–Crippen MR) is 142 cm³/mol. The highest BCUT2D eigenvalue weighted by molar-refractivity contribution is 9.10. The highest BCUT2D eigenvalue weighted by Gasteiger charge is 2.28. The van der Waals surface area contributed by atoms with Crippen molar-refractivity contribution in [3.8, 4) is 0 Å². The molecule has 0 bridgehead atoms. The van der Waals surface area contributed by atoms with Gasteiger partial charge in [-0.15, -0.1) is 11.8 Å². The molecule has 0 aromatic heterocycles. The van der Waals surface area contributed by atoms with Crippen molar-refractivity contribution >= 4 is 62.7 Å². The first-order valence-corrected chi connectivity index (χ1v) is 13.9. The minimum atomic E-state index is -0.562. The molecule has 33 heavy (non-hydrogen) atoms. The van der Waals surface area contributed by atoms with Crippen LogP contribution in [0.3, 0.4) is 0 Å². The summed E-state index contributed by atoms with van der Waals surface area (Å²) < 4.78 is 0.972. The van der Waals surface area contributed by atoms with Crippen LogP contribution in [-0.2, 0) is 21.9 Å². The summed E-state index contributed by atoms with van der Waals surface area (Å²) in [4.78, 5) is 28.0. The van der Waals surface area contributed by atoms with E-state index in [-0.39, 0.29) is 23.6 Å². The van der Waals surface area contributed by atoms with Crippen LogP contribution >= 0.6 is 50.9 Å². The van der Waals surface area contributed by atoms with E-state index in [1.165, 1.54) is 18.2 Å². The number of amides is 2. The lowest BCUT2D eigenvalue weighted by atomic mass is 9.95. The Bertz CT molecular complexity index is 932. The minimum Gasteiger partial charge on any atom is -0.352 e. The zero-order chi connectivity index (χ0) is 23.8. The van der Waals surface area contributed by atoms with Crippen LogP contribution in [0.25, 0.3) is 0 Å². The molecular weight excluding hydrogens is 543 g/mol. The Morgan fingerprint density at radius 1 is 1.09 bits per heavy atom. The zero-order valence-electron chi connectivity index (χ0n) is 18.7. The lowest BCUT2D eigenvalue weighted by molar-refractivity contribution is -0.139. The molecule has 0 aliphatic heterocycles. The maximum Gasteiger partial charge on any atom is 0.242 e. The lowest BCUT2D eigenvalue weighted by Crippen LogP contribution is -2.50. The second kappa shape index (κ2) is 13.0. The van der Waals surface area contributed by atoms with Crippen molar-refractivity contribution in [2.24, 2.45) is 0 Å². The summed E-state index contributed by atoms with van der Waals surface area (Å²) in [7, 11) is 0. The fourth-order valence-corrected chi connectivity index (χ4v) is 5.84. The summed E-state index contributed by atoms with van der Waals surface area (Å²) >= 11 is 17.4. The first-order chi connectivity index (χ1) is 15.8. The number of hydrogen-bond donors (Lipinski definition) is 1. The van der Waals surface area contributed by atoms with Gasteiger partial charge in [0.2, 0.25) is 11.8 Å². The number of nitrogens with one attached hydrogen (secondary N) is 1. The third-order valence-electron chi connectivity index (χ3n) is 5.92. The van der Waals surface area contributed by atoms with Gasteiger partial charge in [0.15, 0.2) is 0 Å². The van der Waals surface area contributed by atoms with E-state index < -0.39 is 6.04 Å². The Kier molecular flexibility index (Phi) is 10.4. The SMILES string of the molecule is C[C@@H](C(=O)NC1CCCCC1)N(Cc1ccc(Br)cc1)C(=O)CSCc1c(Cl)cccc1Cl. The molecule has 1 fully saturated rings. The number of carbonyl (C=O) groups is 2. The Hall–Kier alpha value is -1.21. The molecule has 2 amide bonds. The molecule has 1 N–H and O–H groups in total. The van der Waals surface area contributed by atoms with Crippen molar-refractivity contribution in [1.29, 1.82) is 0 Å². The van der Waals surface area contributed by atoms with Crippen molar-refractivity contribution in [2.45, 2.75) is 63.4 Å². The monoisotopic (exact) mass is 570 g/mol. The van der Waals surface area contributed by atoms with E-state index in [9.17, 15) is 9.59 Å². The van der Waals surface area contributed by atoms with E-state index in [1.807, 2.05) is 31.2 Å². The summed E-state index contributed by atoms with van der Waals surface area (Å²) in [5.41, 5.74) is 1.80. The number of nitrogens with zero attached hydrogens (tertiary/aromatic N) is 1. The number of benzene rings is 2. The van der Waals surface area contributed by atoms with Gasteiger partial charge >= 0.3 is 0 Å². The molecule has 0 radical (unpaired) electrons. The Balaban J connectivity index is 1.67. The van der Waals surface area contributed by atoms with Gasteiger partial charge in [-0.3, -0.25) is 9.59 Å². The molecule has 4 nitrogen and oxygen atoms in total. The van der Waals surface area contributed by atoms with Gasteiger partial charge in [-0.05, 0) is 55.2 Å². The average Bonchev–Trinajstić information content (AvgIpc) is 2.80. The number of thioether (sulfide) groups is 1. The fourth-order valence-electron chi connectivity index (χ4n) is 3.93. The lowest BCUT2D eigenvalue weighted by Gasteiger charge is -2.31. The Morgan fingerprint density at radius 3 is 2.36 bits per heavy atom. The molecule has 1 aliphatic rings. The van der Waals surface area contributed by atoms with Crippen molar-refractivity contribution in [2.75, 3.05) is 5.75 Å². The molecule has 1 saturated carbocycles. The molecule has 0 spiro atoms. The van der Waals surface area contributed by atoms with Crippen LogP contribution < -0.4 is 5.32 Å². The molecule has 1 atom stereocenters. The highest BCUT2D eigenvalue weighted by Crippen LogP contribution is 2.28. The van der Waals surface area contributed by atoms with Gasteiger partial charge in [-0.25, -0.2) is 0 Å². The highest BCUT2D eigenvalue weighted by atomic mass is 79.9. The summed E-state index contributed by atoms with van der Waals surface area (Å²) in [5, 5.41) is 4.35. The number of hydrogen-bond acceptors (Lipinski definition) is 3. The van der Waals surface area contributed by atoms with Gasteiger partial charge in [-0.2, -0.15) is 0 Å². The predicted octanol–water partition coefficient (Wildman–Crippen LogP) is 6.86. The van der Waals surface area contributed by atoms with E-state index in [2.05, 4.69) is 21.2 Å². The molecule has 2 aromatic carbocycles. The van der Waals surface area contributed by atoms with E-state index >= 15 is 0 Å². The maximum absolute atomic E-state index is 13.3. The van der Waals surface area contributed by atoms with E-state index in [4.69, 9.17) is 23.2 Å². The third kappa shape index (κ3) is 7.91. The molecular formula is C25H29BrCl2N2O2S. The smallest absolute Gasteiger partial charge is 0.242 e. The van der Waals surface area contributed by atoms with E-state index in [0.717, 1.165) is 41.3 Å². The minimum absolute atomic E-state index is 0.0858.